The molecule has 2 heterocycles. The number of hydrogen-bond donors (Lipinski definition) is 1. The predicted molar refractivity (Wildman–Crippen MR) is 117 cm³/mol. The minimum Gasteiger partial charge on any atom is -0.360 e. The van der Waals surface area contributed by atoms with Gasteiger partial charge in [0, 0.05) is 24.6 Å². The Bertz CT molecular complexity index is 992. The average molecular weight is 426 g/mol. The normalized spacial score (nSPS) is 14.3. The summed E-state index contributed by atoms with van der Waals surface area (Å²) in [6.07, 6.45) is 8.58. The Balaban J connectivity index is 1.38. The summed E-state index contributed by atoms with van der Waals surface area (Å²) in [4.78, 5) is 12.8. The summed E-state index contributed by atoms with van der Waals surface area (Å²) in [5.74, 6) is 1.39. The van der Waals surface area contributed by atoms with E-state index in [9.17, 15) is 4.79 Å². The zero-order valence-corrected chi connectivity index (χ0v) is 18.2. The summed E-state index contributed by atoms with van der Waals surface area (Å²) in [7, 11) is 0. The highest BCUT2D eigenvalue weighted by atomic mass is 32.2. The topological polar surface area (TPSA) is 85.8 Å². The quantitative estimate of drug-likeness (QED) is 0.424. The SMILES string of the molecule is CSc1nnc(CCCNC(=O)c2c(-c3ccccc3)noc2C)n1C1CCCC1. The van der Waals surface area contributed by atoms with Gasteiger partial charge in [0.1, 0.15) is 22.8 Å². The molecule has 0 saturated heterocycles. The first-order valence-corrected chi connectivity index (χ1v) is 11.7. The third-order valence-electron chi connectivity index (χ3n) is 5.61. The van der Waals surface area contributed by atoms with Crippen LogP contribution in [0, 0.1) is 6.92 Å². The van der Waals surface area contributed by atoms with Gasteiger partial charge in [-0.05, 0) is 32.4 Å². The highest BCUT2D eigenvalue weighted by Gasteiger charge is 2.24. The number of rotatable bonds is 8. The number of carbonyl (C=O) groups excluding carboxylic acids is 1. The fraction of sp³-hybridized carbons (Fsp3) is 0.455. The fourth-order valence-electron chi connectivity index (χ4n) is 4.12. The Morgan fingerprint density at radius 2 is 2.00 bits per heavy atom. The van der Waals surface area contributed by atoms with Crippen LogP contribution in [0.3, 0.4) is 0 Å². The largest absolute Gasteiger partial charge is 0.360 e. The molecular formula is C22H27N5O2S. The third-order valence-corrected chi connectivity index (χ3v) is 6.25. The second-order valence-electron chi connectivity index (χ2n) is 7.60. The molecule has 1 aliphatic carbocycles. The van der Waals surface area contributed by atoms with E-state index < -0.39 is 0 Å². The zero-order chi connectivity index (χ0) is 20.9. The molecule has 0 aliphatic heterocycles. The maximum absolute atomic E-state index is 12.8. The lowest BCUT2D eigenvalue weighted by Gasteiger charge is -2.16. The van der Waals surface area contributed by atoms with Gasteiger partial charge in [-0.3, -0.25) is 4.79 Å². The van der Waals surface area contributed by atoms with Gasteiger partial charge in [-0.2, -0.15) is 0 Å². The Morgan fingerprint density at radius 1 is 1.23 bits per heavy atom. The van der Waals surface area contributed by atoms with Crippen molar-refractivity contribution >= 4 is 17.7 Å². The van der Waals surface area contributed by atoms with E-state index in [0.29, 0.717) is 29.6 Å². The van der Waals surface area contributed by atoms with E-state index in [4.69, 9.17) is 4.52 Å². The standard InChI is InChI=1S/C22H27N5O2S/c1-15-19(20(26-29-15)16-9-4-3-5-10-16)21(28)23-14-8-13-18-24-25-22(30-2)27(18)17-11-6-7-12-17/h3-5,9-10,17H,6-8,11-14H2,1-2H3,(H,23,28). The number of carbonyl (C=O) groups is 1. The average Bonchev–Trinajstić information content (AvgIpc) is 3.51. The van der Waals surface area contributed by atoms with Crippen molar-refractivity contribution in [2.45, 2.75) is 56.6 Å². The number of aromatic nitrogens is 4. The lowest BCUT2D eigenvalue weighted by Crippen LogP contribution is -2.26. The van der Waals surface area contributed by atoms with Crippen LogP contribution in [0.25, 0.3) is 11.3 Å². The van der Waals surface area contributed by atoms with Gasteiger partial charge in [-0.1, -0.05) is 60.1 Å². The first kappa shape index (κ1) is 20.7. The molecule has 4 rings (SSSR count). The molecule has 8 heteroatoms. The molecule has 158 valence electrons. The molecule has 1 amide bonds. The van der Waals surface area contributed by atoms with Crippen LogP contribution in [-0.4, -0.2) is 38.6 Å². The van der Waals surface area contributed by atoms with Gasteiger partial charge in [-0.25, -0.2) is 0 Å². The molecule has 0 atom stereocenters. The molecule has 1 aliphatic rings. The minimum atomic E-state index is -0.158. The Kier molecular flexibility index (Phi) is 6.52. The van der Waals surface area contributed by atoms with E-state index in [-0.39, 0.29) is 5.91 Å². The monoisotopic (exact) mass is 425 g/mol. The molecule has 0 radical (unpaired) electrons. The van der Waals surface area contributed by atoms with Crippen LogP contribution >= 0.6 is 11.8 Å². The molecular weight excluding hydrogens is 398 g/mol. The van der Waals surface area contributed by atoms with Gasteiger partial charge in [-0.15, -0.1) is 10.2 Å². The van der Waals surface area contributed by atoms with Crippen molar-refractivity contribution in [3.05, 3.63) is 47.5 Å². The Labute approximate surface area is 180 Å². The summed E-state index contributed by atoms with van der Waals surface area (Å²) in [6.45, 7) is 2.33. The van der Waals surface area contributed by atoms with E-state index in [2.05, 4.69) is 25.2 Å². The number of nitrogens with one attached hydrogen (secondary N) is 1. The molecule has 7 nitrogen and oxygen atoms in total. The molecule has 1 aromatic carbocycles. The number of hydrogen-bond acceptors (Lipinski definition) is 6. The van der Waals surface area contributed by atoms with Crippen molar-refractivity contribution < 1.29 is 9.32 Å². The minimum absolute atomic E-state index is 0.158. The van der Waals surface area contributed by atoms with Crippen molar-refractivity contribution in [3.63, 3.8) is 0 Å². The predicted octanol–water partition coefficient (Wildman–Crippen LogP) is 4.44. The lowest BCUT2D eigenvalue weighted by molar-refractivity contribution is 0.0952. The van der Waals surface area contributed by atoms with Crippen LogP contribution in [-0.2, 0) is 6.42 Å². The van der Waals surface area contributed by atoms with E-state index in [1.165, 1.54) is 25.7 Å². The molecule has 2 aromatic heterocycles. The highest BCUT2D eigenvalue weighted by molar-refractivity contribution is 7.98. The van der Waals surface area contributed by atoms with Crippen LogP contribution in [0.4, 0.5) is 0 Å². The van der Waals surface area contributed by atoms with Crippen molar-refractivity contribution in [1.29, 1.82) is 0 Å². The first-order valence-electron chi connectivity index (χ1n) is 10.5. The molecule has 0 bridgehead atoms. The second-order valence-corrected chi connectivity index (χ2v) is 8.37. The number of thioether (sulfide) groups is 1. The Hall–Kier alpha value is -2.61. The summed E-state index contributed by atoms with van der Waals surface area (Å²) >= 11 is 1.65. The van der Waals surface area contributed by atoms with Crippen molar-refractivity contribution in [1.82, 2.24) is 25.2 Å². The number of nitrogens with zero attached hydrogens (tertiary/aromatic N) is 4. The van der Waals surface area contributed by atoms with Crippen LogP contribution in [0.5, 0.6) is 0 Å². The smallest absolute Gasteiger partial charge is 0.257 e. The van der Waals surface area contributed by atoms with Gasteiger partial charge >= 0.3 is 0 Å². The van der Waals surface area contributed by atoms with Crippen LogP contribution in [0.15, 0.2) is 40.0 Å². The van der Waals surface area contributed by atoms with E-state index in [0.717, 1.165) is 29.4 Å². The molecule has 1 fully saturated rings. The zero-order valence-electron chi connectivity index (χ0n) is 17.4. The second kappa shape index (κ2) is 9.47. The third kappa shape index (κ3) is 4.28. The molecule has 3 aromatic rings. The molecule has 30 heavy (non-hydrogen) atoms. The summed E-state index contributed by atoms with van der Waals surface area (Å²) in [6, 6.07) is 10.1. The van der Waals surface area contributed by atoms with Crippen LogP contribution in [0.2, 0.25) is 0 Å². The molecule has 0 unspecified atom stereocenters. The number of benzene rings is 1. The van der Waals surface area contributed by atoms with Gasteiger partial charge < -0.3 is 14.4 Å². The van der Waals surface area contributed by atoms with E-state index in [1.807, 2.05) is 36.6 Å². The molecule has 1 saturated carbocycles. The maximum atomic E-state index is 12.8. The number of aryl methyl sites for hydroxylation is 2. The van der Waals surface area contributed by atoms with Gasteiger partial charge in [0.2, 0.25) is 0 Å². The summed E-state index contributed by atoms with van der Waals surface area (Å²) in [5, 5.41) is 16.9. The van der Waals surface area contributed by atoms with Crippen molar-refractivity contribution in [2.75, 3.05) is 12.8 Å². The van der Waals surface area contributed by atoms with Gasteiger partial charge in [0.05, 0.1) is 0 Å². The summed E-state index contributed by atoms with van der Waals surface area (Å²) < 4.78 is 7.62. The lowest BCUT2D eigenvalue weighted by atomic mass is 10.1. The van der Waals surface area contributed by atoms with Gasteiger partial charge in [0.15, 0.2) is 5.16 Å². The van der Waals surface area contributed by atoms with Gasteiger partial charge in [0.25, 0.3) is 5.91 Å². The van der Waals surface area contributed by atoms with Crippen LogP contribution in [0.1, 0.15) is 60.1 Å². The first-order chi connectivity index (χ1) is 14.7. The van der Waals surface area contributed by atoms with Crippen molar-refractivity contribution in [3.8, 4) is 11.3 Å². The number of amides is 1. The van der Waals surface area contributed by atoms with E-state index in [1.54, 1.807) is 18.7 Å². The summed E-state index contributed by atoms with van der Waals surface area (Å²) in [5.41, 5.74) is 1.95. The maximum Gasteiger partial charge on any atom is 0.257 e. The molecule has 0 spiro atoms. The highest BCUT2D eigenvalue weighted by Crippen LogP contribution is 2.33. The fourth-order valence-corrected chi connectivity index (χ4v) is 4.69. The molecule has 1 N–H and O–H groups in total. The Morgan fingerprint density at radius 3 is 2.73 bits per heavy atom. The van der Waals surface area contributed by atoms with E-state index >= 15 is 0 Å². The van der Waals surface area contributed by atoms with Crippen LogP contribution < -0.4 is 5.32 Å². The van der Waals surface area contributed by atoms with Crippen molar-refractivity contribution in [2.24, 2.45) is 0 Å².